The van der Waals surface area contributed by atoms with Crippen LogP contribution in [0.15, 0.2) is 59.8 Å². The number of sulfonamides is 1. The molecule has 0 aliphatic rings. The van der Waals surface area contributed by atoms with Crippen LogP contribution in [-0.4, -0.2) is 41.5 Å². The Morgan fingerprint density at radius 2 is 1.75 bits per heavy atom. The van der Waals surface area contributed by atoms with Crippen LogP contribution >= 0.6 is 0 Å². The summed E-state index contributed by atoms with van der Waals surface area (Å²) in [7, 11) is -3.92. The summed E-state index contributed by atoms with van der Waals surface area (Å²) in [6.45, 7) is 0.210. The summed E-state index contributed by atoms with van der Waals surface area (Å²) in [5, 5.41) is 14.8. The molecule has 2 N–H and O–H groups in total. The van der Waals surface area contributed by atoms with E-state index in [0.717, 1.165) is 24.3 Å². The van der Waals surface area contributed by atoms with Crippen LogP contribution in [0.25, 0.3) is 5.82 Å². The van der Waals surface area contributed by atoms with Gasteiger partial charge in [-0.15, -0.1) is 10.2 Å². The van der Waals surface area contributed by atoms with Gasteiger partial charge in [-0.05, 0) is 42.5 Å². The highest BCUT2D eigenvalue weighted by Gasteiger charge is 2.30. The predicted octanol–water partition coefficient (Wildman–Crippen LogP) is 2.07. The normalized spacial score (nSPS) is 12.1. The molecule has 0 saturated carbocycles. The molecule has 0 spiro atoms. The van der Waals surface area contributed by atoms with Gasteiger partial charge in [-0.2, -0.15) is 18.3 Å². The van der Waals surface area contributed by atoms with Crippen molar-refractivity contribution in [1.82, 2.24) is 24.7 Å². The summed E-state index contributed by atoms with van der Waals surface area (Å²) in [5.41, 5.74) is -0.912. The SMILES string of the molecule is O=S(=O)(NCCNc1ccc(-n2cccn2)nn1)c1ccc(C(F)(F)F)cc1. The van der Waals surface area contributed by atoms with E-state index in [2.05, 4.69) is 25.3 Å². The molecule has 0 fully saturated rings. The average molecular weight is 412 g/mol. The standard InChI is InChI=1S/C16H15F3N6O2S/c17-16(18,19)12-2-4-13(5-3-12)28(26,27)22-10-9-20-14-6-7-15(24-23-14)25-11-1-8-21-25/h1-8,11,22H,9-10H2,(H,20,23). The molecule has 0 atom stereocenters. The van der Waals surface area contributed by atoms with E-state index >= 15 is 0 Å². The van der Waals surface area contributed by atoms with Crippen LogP contribution in [0.1, 0.15) is 5.56 Å². The fourth-order valence-corrected chi connectivity index (χ4v) is 3.26. The molecule has 2 heterocycles. The number of aromatic nitrogens is 4. The molecule has 0 unspecified atom stereocenters. The van der Waals surface area contributed by atoms with Gasteiger partial charge < -0.3 is 5.32 Å². The van der Waals surface area contributed by atoms with E-state index in [1.165, 1.54) is 4.68 Å². The van der Waals surface area contributed by atoms with Crippen molar-refractivity contribution in [3.8, 4) is 5.82 Å². The van der Waals surface area contributed by atoms with Gasteiger partial charge in [0, 0.05) is 25.5 Å². The molecule has 28 heavy (non-hydrogen) atoms. The Labute approximate surface area is 158 Å². The first-order chi connectivity index (χ1) is 13.3. The van der Waals surface area contributed by atoms with E-state index in [9.17, 15) is 21.6 Å². The van der Waals surface area contributed by atoms with Crippen molar-refractivity contribution < 1.29 is 21.6 Å². The lowest BCUT2D eigenvalue weighted by molar-refractivity contribution is -0.137. The lowest BCUT2D eigenvalue weighted by Crippen LogP contribution is -2.29. The van der Waals surface area contributed by atoms with Gasteiger partial charge in [0.05, 0.1) is 10.5 Å². The molecule has 2 aromatic heterocycles. The van der Waals surface area contributed by atoms with E-state index < -0.39 is 21.8 Å². The maximum atomic E-state index is 12.5. The molecule has 12 heteroatoms. The van der Waals surface area contributed by atoms with Crippen molar-refractivity contribution in [3.63, 3.8) is 0 Å². The number of benzene rings is 1. The van der Waals surface area contributed by atoms with Crippen LogP contribution in [-0.2, 0) is 16.2 Å². The van der Waals surface area contributed by atoms with Gasteiger partial charge in [-0.3, -0.25) is 0 Å². The summed E-state index contributed by atoms with van der Waals surface area (Å²) in [6, 6.07) is 8.38. The van der Waals surface area contributed by atoms with Crippen LogP contribution in [0.3, 0.4) is 0 Å². The van der Waals surface area contributed by atoms with E-state index in [4.69, 9.17) is 0 Å². The van der Waals surface area contributed by atoms with Crippen molar-refractivity contribution in [2.75, 3.05) is 18.4 Å². The molecule has 0 radical (unpaired) electrons. The van der Waals surface area contributed by atoms with E-state index in [0.29, 0.717) is 11.6 Å². The fraction of sp³-hybridized carbons (Fsp3) is 0.188. The zero-order valence-corrected chi connectivity index (χ0v) is 15.1. The summed E-state index contributed by atoms with van der Waals surface area (Å²) in [6.07, 6.45) is -1.20. The van der Waals surface area contributed by atoms with Gasteiger partial charge in [0.2, 0.25) is 10.0 Å². The quantitative estimate of drug-likeness (QED) is 0.576. The van der Waals surface area contributed by atoms with Gasteiger partial charge in [-0.25, -0.2) is 17.8 Å². The third-order valence-corrected chi connectivity index (χ3v) is 5.08. The van der Waals surface area contributed by atoms with Crippen molar-refractivity contribution in [2.45, 2.75) is 11.1 Å². The van der Waals surface area contributed by atoms with Crippen LogP contribution in [0.2, 0.25) is 0 Å². The molecule has 0 saturated heterocycles. The lowest BCUT2D eigenvalue weighted by atomic mass is 10.2. The molecule has 0 aliphatic carbocycles. The smallest absolute Gasteiger partial charge is 0.367 e. The second-order valence-corrected chi connectivity index (χ2v) is 7.34. The van der Waals surface area contributed by atoms with Gasteiger partial charge in [-0.1, -0.05) is 0 Å². The topological polar surface area (TPSA) is 102 Å². The van der Waals surface area contributed by atoms with Gasteiger partial charge >= 0.3 is 6.18 Å². The summed E-state index contributed by atoms with van der Waals surface area (Å²) < 4.78 is 65.7. The number of halogens is 3. The minimum atomic E-state index is -4.52. The maximum Gasteiger partial charge on any atom is 0.416 e. The van der Waals surface area contributed by atoms with Crippen molar-refractivity contribution in [1.29, 1.82) is 0 Å². The summed E-state index contributed by atoms with van der Waals surface area (Å²) in [4.78, 5) is -0.246. The molecule has 0 aliphatic heterocycles. The van der Waals surface area contributed by atoms with Crippen LogP contribution in [0, 0.1) is 0 Å². The molecular weight excluding hydrogens is 397 g/mol. The number of rotatable bonds is 7. The van der Waals surface area contributed by atoms with Crippen LogP contribution in [0.4, 0.5) is 19.0 Å². The Kier molecular flexibility index (Phi) is 5.61. The number of alkyl halides is 3. The minimum absolute atomic E-state index is 0.00590. The van der Waals surface area contributed by atoms with Crippen molar-refractivity contribution in [3.05, 3.63) is 60.4 Å². The first kappa shape index (κ1) is 19.8. The summed E-state index contributed by atoms with van der Waals surface area (Å²) >= 11 is 0. The lowest BCUT2D eigenvalue weighted by Gasteiger charge is -2.10. The Bertz CT molecular complexity index is 1000. The molecule has 3 aromatic rings. The van der Waals surface area contributed by atoms with Crippen molar-refractivity contribution >= 4 is 15.8 Å². The minimum Gasteiger partial charge on any atom is -0.367 e. The zero-order valence-electron chi connectivity index (χ0n) is 14.3. The highest BCUT2D eigenvalue weighted by Crippen LogP contribution is 2.29. The molecule has 3 rings (SSSR count). The Morgan fingerprint density at radius 3 is 2.32 bits per heavy atom. The number of anilines is 1. The second-order valence-electron chi connectivity index (χ2n) is 5.57. The molecule has 148 valence electrons. The highest BCUT2D eigenvalue weighted by molar-refractivity contribution is 7.89. The molecular formula is C16H15F3N6O2S. The monoisotopic (exact) mass is 412 g/mol. The first-order valence-electron chi connectivity index (χ1n) is 8.00. The number of nitrogens with one attached hydrogen (secondary N) is 2. The van der Waals surface area contributed by atoms with Gasteiger partial charge in [0.15, 0.2) is 5.82 Å². The van der Waals surface area contributed by atoms with Crippen LogP contribution < -0.4 is 10.0 Å². The van der Waals surface area contributed by atoms with E-state index in [1.807, 2.05) is 0 Å². The highest BCUT2D eigenvalue weighted by atomic mass is 32.2. The van der Waals surface area contributed by atoms with E-state index in [-0.39, 0.29) is 18.0 Å². The summed E-state index contributed by atoms with van der Waals surface area (Å²) in [5.74, 6) is 0.961. The number of hydrogen-bond acceptors (Lipinski definition) is 6. The fourth-order valence-electron chi connectivity index (χ4n) is 2.23. The Morgan fingerprint density at radius 1 is 1.00 bits per heavy atom. The second kappa shape index (κ2) is 7.94. The molecule has 0 amide bonds. The Balaban J connectivity index is 1.51. The van der Waals surface area contributed by atoms with Gasteiger partial charge in [0.25, 0.3) is 0 Å². The largest absolute Gasteiger partial charge is 0.416 e. The van der Waals surface area contributed by atoms with Gasteiger partial charge in [0.1, 0.15) is 5.82 Å². The first-order valence-corrected chi connectivity index (χ1v) is 9.48. The molecule has 1 aromatic carbocycles. The third-order valence-electron chi connectivity index (χ3n) is 3.60. The predicted molar refractivity (Wildman–Crippen MR) is 94.3 cm³/mol. The number of hydrogen-bond donors (Lipinski definition) is 2. The maximum absolute atomic E-state index is 12.5. The Hall–Kier alpha value is -2.99. The zero-order chi connectivity index (χ0) is 20.2. The molecule has 8 nitrogen and oxygen atoms in total. The number of nitrogens with zero attached hydrogens (tertiary/aromatic N) is 4. The molecule has 0 bridgehead atoms. The van der Waals surface area contributed by atoms with Crippen molar-refractivity contribution in [2.24, 2.45) is 0 Å². The van der Waals surface area contributed by atoms with Crippen LogP contribution in [0.5, 0.6) is 0 Å². The van der Waals surface area contributed by atoms with E-state index in [1.54, 1.807) is 30.6 Å². The third kappa shape index (κ3) is 4.84. The average Bonchev–Trinajstić information content (AvgIpc) is 3.20.